The Hall–Kier alpha value is -2.57. The van der Waals surface area contributed by atoms with Crippen LogP contribution in [0.15, 0.2) is 18.6 Å². The summed E-state index contributed by atoms with van der Waals surface area (Å²) >= 11 is 0. The zero-order chi connectivity index (χ0) is 12.4. The van der Waals surface area contributed by atoms with Crippen LogP contribution in [0, 0.1) is 6.92 Å². The van der Waals surface area contributed by atoms with Crippen molar-refractivity contribution in [3.05, 3.63) is 29.8 Å². The molecule has 2 rings (SSSR count). The maximum atomic E-state index is 11.1. The average molecular weight is 230 g/mol. The number of aromatic nitrogens is 4. The number of carbonyl (C=O) groups excluding carboxylic acids is 1. The second-order valence-electron chi connectivity index (χ2n) is 3.35. The summed E-state index contributed by atoms with van der Waals surface area (Å²) in [5.41, 5.74) is 11.9. The molecular weight excluding hydrogens is 220 g/mol. The van der Waals surface area contributed by atoms with E-state index < -0.39 is 5.91 Å². The number of anilines is 1. The molecule has 0 saturated heterocycles. The van der Waals surface area contributed by atoms with Gasteiger partial charge in [-0.2, -0.15) is 0 Å². The minimum Gasteiger partial charge on any atom is -0.383 e. The highest BCUT2D eigenvalue weighted by Gasteiger charge is 2.15. The molecule has 4 N–H and O–H groups in total. The molecule has 86 valence electrons. The normalized spacial score (nSPS) is 10.2. The van der Waals surface area contributed by atoms with Crippen molar-refractivity contribution in [2.45, 2.75) is 6.92 Å². The number of hydrogen-bond acceptors (Lipinski definition) is 6. The molecule has 2 aromatic rings. The summed E-state index contributed by atoms with van der Waals surface area (Å²) in [5, 5.41) is 0. The van der Waals surface area contributed by atoms with Crippen LogP contribution in [0.3, 0.4) is 0 Å². The quantitative estimate of drug-likeness (QED) is 0.744. The number of nitrogens with two attached hydrogens (primary N) is 2. The van der Waals surface area contributed by atoms with E-state index in [1.165, 1.54) is 6.33 Å². The highest BCUT2D eigenvalue weighted by atomic mass is 16.1. The maximum absolute atomic E-state index is 11.1. The molecule has 0 aliphatic carbocycles. The molecule has 0 aromatic carbocycles. The SMILES string of the molecule is Cc1nc(-c2ccncn2)nc(N)c1C(N)=O. The number of amides is 1. The molecule has 1 amide bonds. The molecule has 7 nitrogen and oxygen atoms in total. The fourth-order valence-electron chi connectivity index (χ4n) is 1.44. The molecule has 0 unspecified atom stereocenters. The Morgan fingerprint density at radius 1 is 1.35 bits per heavy atom. The van der Waals surface area contributed by atoms with E-state index in [9.17, 15) is 4.79 Å². The first kappa shape index (κ1) is 10.9. The van der Waals surface area contributed by atoms with Gasteiger partial charge in [-0.3, -0.25) is 4.79 Å². The first-order chi connectivity index (χ1) is 8.09. The molecule has 0 bridgehead atoms. The van der Waals surface area contributed by atoms with Crippen molar-refractivity contribution in [3.8, 4) is 11.5 Å². The summed E-state index contributed by atoms with van der Waals surface area (Å²) in [7, 11) is 0. The van der Waals surface area contributed by atoms with E-state index in [0.29, 0.717) is 17.2 Å². The van der Waals surface area contributed by atoms with Gasteiger partial charge in [-0.05, 0) is 13.0 Å². The van der Waals surface area contributed by atoms with E-state index in [2.05, 4.69) is 19.9 Å². The molecule has 0 radical (unpaired) electrons. The minimum atomic E-state index is -0.644. The number of primary amides is 1. The zero-order valence-electron chi connectivity index (χ0n) is 9.08. The smallest absolute Gasteiger partial charge is 0.254 e. The van der Waals surface area contributed by atoms with Crippen molar-refractivity contribution in [2.24, 2.45) is 5.73 Å². The van der Waals surface area contributed by atoms with E-state index in [0.717, 1.165) is 0 Å². The van der Waals surface area contributed by atoms with E-state index >= 15 is 0 Å². The molecule has 7 heteroatoms. The van der Waals surface area contributed by atoms with Crippen LogP contribution in [0.1, 0.15) is 16.1 Å². The van der Waals surface area contributed by atoms with Crippen LogP contribution in [-0.4, -0.2) is 25.8 Å². The largest absolute Gasteiger partial charge is 0.383 e. The van der Waals surface area contributed by atoms with Crippen LogP contribution in [0.25, 0.3) is 11.5 Å². The summed E-state index contributed by atoms with van der Waals surface area (Å²) in [4.78, 5) is 27.1. The van der Waals surface area contributed by atoms with Gasteiger partial charge < -0.3 is 11.5 Å². The van der Waals surface area contributed by atoms with Gasteiger partial charge in [-0.15, -0.1) is 0 Å². The number of aryl methyl sites for hydroxylation is 1. The van der Waals surface area contributed by atoms with Crippen molar-refractivity contribution in [1.82, 2.24) is 19.9 Å². The van der Waals surface area contributed by atoms with Crippen molar-refractivity contribution in [2.75, 3.05) is 5.73 Å². The summed E-state index contributed by atoms with van der Waals surface area (Å²) < 4.78 is 0. The number of carbonyl (C=O) groups is 1. The number of nitrogens with zero attached hydrogens (tertiary/aromatic N) is 4. The van der Waals surface area contributed by atoms with Crippen molar-refractivity contribution >= 4 is 11.7 Å². The lowest BCUT2D eigenvalue weighted by atomic mass is 10.2. The maximum Gasteiger partial charge on any atom is 0.254 e. The third-order valence-electron chi connectivity index (χ3n) is 2.18. The molecule has 0 fully saturated rings. The van der Waals surface area contributed by atoms with Crippen LogP contribution in [0.5, 0.6) is 0 Å². The third kappa shape index (κ3) is 2.03. The predicted molar refractivity (Wildman–Crippen MR) is 60.7 cm³/mol. The summed E-state index contributed by atoms with van der Waals surface area (Å²) in [5.74, 6) is -0.250. The van der Waals surface area contributed by atoms with Gasteiger partial charge in [0.25, 0.3) is 5.91 Å². The van der Waals surface area contributed by atoms with Gasteiger partial charge in [0.2, 0.25) is 0 Å². The van der Waals surface area contributed by atoms with Crippen molar-refractivity contribution in [3.63, 3.8) is 0 Å². The van der Waals surface area contributed by atoms with Crippen molar-refractivity contribution in [1.29, 1.82) is 0 Å². The Morgan fingerprint density at radius 3 is 2.65 bits per heavy atom. The molecule has 2 aromatic heterocycles. The fourth-order valence-corrected chi connectivity index (χ4v) is 1.44. The molecule has 0 aliphatic heterocycles. The van der Waals surface area contributed by atoms with Crippen LogP contribution < -0.4 is 11.5 Å². The second-order valence-corrected chi connectivity index (χ2v) is 3.35. The predicted octanol–water partition coefficient (Wildman–Crippen LogP) is -0.0769. The topological polar surface area (TPSA) is 121 Å². The third-order valence-corrected chi connectivity index (χ3v) is 2.18. The summed E-state index contributed by atoms with van der Waals surface area (Å²) in [6.07, 6.45) is 2.95. The van der Waals surface area contributed by atoms with Gasteiger partial charge in [0.15, 0.2) is 5.82 Å². The fraction of sp³-hybridized carbons (Fsp3) is 0.100. The lowest BCUT2D eigenvalue weighted by Gasteiger charge is -2.06. The first-order valence-corrected chi connectivity index (χ1v) is 4.80. The van der Waals surface area contributed by atoms with Gasteiger partial charge in [-0.25, -0.2) is 19.9 Å². The Bertz CT molecular complexity index is 545. The highest BCUT2D eigenvalue weighted by Crippen LogP contribution is 2.17. The van der Waals surface area contributed by atoms with E-state index in [1.54, 1.807) is 19.2 Å². The number of hydrogen-bond donors (Lipinski definition) is 2. The van der Waals surface area contributed by atoms with E-state index in [4.69, 9.17) is 11.5 Å². The Labute approximate surface area is 96.9 Å². The highest BCUT2D eigenvalue weighted by molar-refractivity contribution is 5.98. The average Bonchev–Trinajstić information content (AvgIpc) is 2.28. The molecule has 17 heavy (non-hydrogen) atoms. The van der Waals surface area contributed by atoms with Gasteiger partial charge in [-0.1, -0.05) is 0 Å². The Balaban J connectivity index is 2.57. The summed E-state index contributed by atoms with van der Waals surface area (Å²) in [6.45, 7) is 1.64. The molecule has 2 heterocycles. The van der Waals surface area contributed by atoms with Crippen LogP contribution in [0.4, 0.5) is 5.82 Å². The van der Waals surface area contributed by atoms with E-state index in [1.807, 2.05) is 0 Å². The molecule has 0 spiro atoms. The lowest BCUT2D eigenvalue weighted by Crippen LogP contribution is -2.18. The van der Waals surface area contributed by atoms with Gasteiger partial charge >= 0.3 is 0 Å². The monoisotopic (exact) mass is 230 g/mol. The Morgan fingerprint density at radius 2 is 2.12 bits per heavy atom. The van der Waals surface area contributed by atoms with Gasteiger partial charge in [0.05, 0.1) is 5.69 Å². The second kappa shape index (κ2) is 4.12. The van der Waals surface area contributed by atoms with Crippen LogP contribution in [0.2, 0.25) is 0 Å². The molecule has 0 atom stereocenters. The van der Waals surface area contributed by atoms with Crippen LogP contribution in [-0.2, 0) is 0 Å². The van der Waals surface area contributed by atoms with Crippen molar-refractivity contribution < 1.29 is 4.79 Å². The minimum absolute atomic E-state index is 0.0543. The van der Waals surface area contributed by atoms with Crippen LogP contribution >= 0.6 is 0 Å². The van der Waals surface area contributed by atoms with Gasteiger partial charge in [0.1, 0.15) is 23.4 Å². The molecular formula is C10H10N6O. The standard InChI is InChI=1S/C10H10N6O/c1-5-7(9(12)17)8(11)16-10(15-5)6-2-3-13-4-14-6/h2-4H,1H3,(H2,12,17)(H2,11,15,16). The lowest BCUT2D eigenvalue weighted by molar-refractivity contribution is 0.1000. The number of rotatable bonds is 2. The van der Waals surface area contributed by atoms with Gasteiger partial charge in [0, 0.05) is 6.20 Å². The number of nitrogen functional groups attached to an aromatic ring is 1. The summed E-state index contributed by atoms with van der Waals surface area (Å²) in [6, 6.07) is 1.65. The first-order valence-electron chi connectivity index (χ1n) is 4.80. The molecule has 0 saturated carbocycles. The molecule has 0 aliphatic rings. The van der Waals surface area contributed by atoms with E-state index in [-0.39, 0.29) is 11.4 Å². The zero-order valence-corrected chi connectivity index (χ0v) is 9.08. The Kier molecular flexibility index (Phi) is 2.65.